The third-order valence-corrected chi connectivity index (χ3v) is 5.34. The summed E-state index contributed by atoms with van der Waals surface area (Å²) >= 11 is 0. The molecule has 2 aliphatic rings. The van der Waals surface area contributed by atoms with E-state index < -0.39 is 5.91 Å². The van der Waals surface area contributed by atoms with Crippen molar-refractivity contribution >= 4 is 17.5 Å². The predicted octanol–water partition coefficient (Wildman–Crippen LogP) is 1.77. The number of carbonyl (C=O) groups is 2. The SMILES string of the molecule is Cc1cc(C(=O)N2CCCN3c4ccccc4CC3C2)ncc1C(N)=O. The van der Waals surface area contributed by atoms with Crippen LogP contribution in [0.15, 0.2) is 36.5 Å². The lowest BCUT2D eigenvalue weighted by molar-refractivity contribution is 0.0749. The molecule has 0 saturated carbocycles. The largest absolute Gasteiger partial charge is 0.366 e. The summed E-state index contributed by atoms with van der Waals surface area (Å²) in [6, 6.07) is 10.5. The van der Waals surface area contributed by atoms with Gasteiger partial charge in [-0.1, -0.05) is 18.2 Å². The molecule has 6 heteroatoms. The molecule has 0 radical (unpaired) electrons. The van der Waals surface area contributed by atoms with Crippen LogP contribution >= 0.6 is 0 Å². The first-order chi connectivity index (χ1) is 12.5. The van der Waals surface area contributed by atoms with Gasteiger partial charge in [-0.3, -0.25) is 14.6 Å². The number of anilines is 1. The first kappa shape index (κ1) is 16.6. The summed E-state index contributed by atoms with van der Waals surface area (Å²) in [5.41, 5.74) is 9.38. The first-order valence-electron chi connectivity index (χ1n) is 8.95. The fourth-order valence-electron chi connectivity index (χ4n) is 4.05. The van der Waals surface area contributed by atoms with Gasteiger partial charge in [0.25, 0.3) is 11.8 Å². The van der Waals surface area contributed by atoms with E-state index in [4.69, 9.17) is 5.73 Å². The zero-order chi connectivity index (χ0) is 18.3. The summed E-state index contributed by atoms with van der Waals surface area (Å²) in [4.78, 5) is 32.8. The number of hydrogen-bond acceptors (Lipinski definition) is 4. The van der Waals surface area contributed by atoms with Crippen LogP contribution in [0.5, 0.6) is 0 Å². The number of rotatable bonds is 2. The van der Waals surface area contributed by atoms with Gasteiger partial charge >= 0.3 is 0 Å². The maximum Gasteiger partial charge on any atom is 0.272 e. The van der Waals surface area contributed by atoms with Crippen LogP contribution in [-0.2, 0) is 6.42 Å². The molecule has 1 atom stereocenters. The highest BCUT2D eigenvalue weighted by Gasteiger charge is 2.34. The normalized spacial score (nSPS) is 18.9. The molecular formula is C20H22N4O2. The number of amides is 2. The molecule has 4 rings (SSSR count). The Balaban J connectivity index is 1.55. The standard InChI is InChI=1S/C20H22N4O2/c1-13-9-17(22-11-16(13)19(21)25)20(26)23-7-4-8-24-15(12-23)10-14-5-2-3-6-18(14)24/h2-3,5-6,9,11,15H,4,7-8,10,12H2,1H3,(H2,21,25). The van der Waals surface area contributed by atoms with Gasteiger partial charge in [-0.05, 0) is 43.0 Å². The van der Waals surface area contributed by atoms with Gasteiger partial charge in [0.2, 0.25) is 0 Å². The number of benzene rings is 1. The average molecular weight is 350 g/mol. The van der Waals surface area contributed by atoms with Crippen LogP contribution in [0.25, 0.3) is 0 Å². The molecule has 0 aliphatic carbocycles. The van der Waals surface area contributed by atoms with E-state index in [0.29, 0.717) is 36.0 Å². The van der Waals surface area contributed by atoms with Crippen LogP contribution in [-0.4, -0.2) is 47.4 Å². The van der Waals surface area contributed by atoms with Gasteiger partial charge < -0.3 is 15.5 Å². The van der Waals surface area contributed by atoms with E-state index in [1.807, 2.05) is 4.90 Å². The third kappa shape index (κ3) is 2.81. The van der Waals surface area contributed by atoms with Gasteiger partial charge in [0.05, 0.1) is 11.6 Å². The van der Waals surface area contributed by atoms with Crippen LogP contribution in [0.3, 0.4) is 0 Å². The molecular weight excluding hydrogens is 328 g/mol. The molecule has 1 saturated heterocycles. The zero-order valence-electron chi connectivity index (χ0n) is 14.8. The van der Waals surface area contributed by atoms with Crippen LogP contribution in [0.1, 0.15) is 38.4 Å². The molecule has 1 aromatic heterocycles. The van der Waals surface area contributed by atoms with Crippen molar-refractivity contribution in [3.63, 3.8) is 0 Å². The molecule has 0 spiro atoms. The minimum atomic E-state index is -0.525. The Morgan fingerprint density at radius 3 is 2.81 bits per heavy atom. The smallest absolute Gasteiger partial charge is 0.272 e. The number of nitrogens with two attached hydrogens (primary N) is 1. The van der Waals surface area contributed by atoms with Crippen molar-refractivity contribution in [3.05, 3.63) is 58.9 Å². The van der Waals surface area contributed by atoms with Crippen molar-refractivity contribution in [2.45, 2.75) is 25.8 Å². The lowest BCUT2D eigenvalue weighted by atomic mass is 10.1. The summed E-state index contributed by atoms with van der Waals surface area (Å²) in [6.45, 7) is 4.13. The van der Waals surface area contributed by atoms with E-state index in [-0.39, 0.29) is 5.91 Å². The molecule has 3 heterocycles. The number of fused-ring (bicyclic) bond motifs is 3. The number of nitrogens with zero attached hydrogens (tertiary/aromatic N) is 3. The van der Waals surface area contributed by atoms with E-state index in [1.165, 1.54) is 17.4 Å². The molecule has 6 nitrogen and oxygen atoms in total. The number of primary amides is 1. The highest BCUT2D eigenvalue weighted by molar-refractivity contribution is 5.96. The minimum absolute atomic E-state index is 0.0815. The van der Waals surface area contributed by atoms with Crippen LogP contribution < -0.4 is 10.6 Å². The molecule has 2 aliphatic heterocycles. The van der Waals surface area contributed by atoms with Gasteiger partial charge in [0.15, 0.2) is 0 Å². The topological polar surface area (TPSA) is 79.5 Å². The van der Waals surface area contributed by atoms with Gasteiger partial charge in [0, 0.05) is 31.5 Å². The second kappa shape index (κ2) is 6.44. The second-order valence-electron chi connectivity index (χ2n) is 7.03. The molecule has 1 aromatic carbocycles. The summed E-state index contributed by atoms with van der Waals surface area (Å²) in [5.74, 6) is -0.606. The minimum Gasteiger partial charge on any atom is -0.366 e. The fraction of sp³-hybridized carbons (Fsp3) is 0.350. The number of carbonyl (C=O) groups excluding carboxylic acids is 2. The molecule has 0 bridgehead atoms. The van der Waals surface area contributed by atoms with Crippen LogP contribution in [0.4, 0.5) is 5.69 Å². The quantitative estimate of drug-likeness (QED) is 0.895. The summed E-state index contributed by atoms with van der Waals surface area (Å²) in [7, 11) is 0. The molecule has 2 amide bonds. The number of aryl methyl sites for hydroxylation is 1. The summed E-state index contributed by atoms with van der Waals surface area (Å²) < 4.78 is 0. The average Bonchev–Trinajstić information content (AvgIpc) is 2.83. The van der Waals surface area contributed by atoms with Crippen molar-refractivity contribution in [1.29, 1.82) is 0 Å². The number of aromatic nitrogens is 1. The van der Waals surface area contributed by atoms with E-state index in [1.54, 1.807) is 13.0 Å². The monoisotopic (exact) mass is 350 g/mol. The maximum atomic E-state index is 13.0. The summed E-state index contributed by atoms with van der Waals surface area (Å²) in [5, 5.41) is 0. The maximum absolute atomic E-state index is 13.0. The Morgan fingerprint density at radius 2 is 2.04 bits per heavy atom. The number of pyridine rings is 1. The highest BCUT2D eigenvalue weighted by atomic mass is 16.2. The van der Waals surface area contributed by atoms with Crippen LogP contribution in [0.2, 0.25) is 0 Å². The predicted molar refractivity (Wildman–Crippen MR) is 99.3 cm³/mol. The Morgan fingerprint density at radius 1 is 1.23 bits per heavy atom. The fourth-order valence-corrected chi connectivity index (χ4v) is 4.05. The number of hydrogen-bond donors (Lipinski definition) is 1. The lowest BCUT2D eigenvalue weighted by Crippen LogP contribution is -2.41. The van der Waals surface area contributed by atoms with Gasteiger partial charge in [-0.15, -0.1) is 0 Å². The second-order valence-corrected chi connectivity index (χ2v) is 7.03. The molecule has 26 heavy (non-hydrogen) atoms. The molecule has 1 unspecified atom stereocenters. The van der Waals surface area contributed by atoms with E-state index in [9.17, 15) is 9.59 Å². The van der Waals surface area contributed by atoms with E-state index in [2.05, 4.69) is 34.1 Å². The third-order valence-electron chi connectivity index (χ3n) is 5.34. The Bertz CT molecular complexity index is 880. The van der Waals surface area contributed by atoms with E-state index in [0.717, 1.165) is 19.4 Å². The zero-order valence-corrected chi connectivity index (χ0v) is 14.8. The lowest BCUT2D eigenvalue weighted by Gasteiger charge is -2.27. The van der Waals surface area contributed by atoms with Crippen molar-refractivity contribution < 1.29 is 9.59 Å². The van der Waals surface area contributed by atoms with Crippen molar-refractivity contribution in [2.75, 3.05) is 24.5 Å². The summed E-state index contributed by atoms with van der Waals surface area (Å²) in [6.07, 6.45) is 3.29. The molecule has 134 valence electrons. The molecule has 2 aromatic rings. The highest BCUT2D eigenvalue weighted by Crippen LogP contribution is 2.33. The van der Waals surface area contributed by atoms with Gasteiger partial charge in [0.1, 0.15) is 5.69 Å². The Labute approximate surface area is 152 Å². The molecule has 2 N–H and O–H groups in total. The number of para-hydroxylation sites is 1. The van der Waals surface area contributed by atoms with Gasteiger partial charge in [-0.2, -0.15) is 0 Å². The van der Waals surface area contributed by atoms with Crippen LogP contribution in [0, 0.1) is 6.92 Å². The van der Waals surface area contributed by atoms with Gasteiger partial charge in [-0.25, -0.2) is 0 Å². The Hall–Kier alpha value is -2.89. The van der Waals surface area contributed by atoms with Crippen molar-refractivity contribution in [3.8, 4) is 0 Å². The molecule has 1 fully saturated rings. The van der Waals surface area contributed by atoms with Crippen molar-refractivity contribution in [2.24, 2.45) is 5.73 Å². The first-order valence-corrected chi connectivity index (χ1v) is 8.95. The van der Waals surface area contributed by atoms with Crippen molar-refractivity contribution in [1.82, 2.24) is 9.88 Å². The van der Waals surface area contributed by atoms with E-state index >= 15 is 0 Å². The Kier molecular flexibility index (Phi) is 4.11.